The number of hydrogen-bond donors (Lipinski definition) is 0. The molecule has 41 heavy (non-hydrogen) atoms. The van der Waals surface area contributed by atoms with E-state index >= 15 is 0 Å². The van der Waals surface area contributed by atoms with Crippen LogP contribution in [0.4, 0.5) is 5.69 Å². The van der Waals surface area contributed by atoms with Crippen molar-refractivity contribution in [3.63, 3.8) is 0 Å². The summed E-state index contributed by atoms with van der Waals surface area (Å²) in [6.07, 6.45) is 0. The molecule has 0 fully saturated rings. The number of para-hydroxylation sites is 1. The van der Waals surface area contributed by atoms with Gasteiger partial charge in [-0.15, -0.1) is 0 Å². The van der Waals surface area contributed by atoms with Gasteiger partial charge in [0.15, 0.2) is 5.54 Å². The number of amides is 1. The molecule has 2 aliphatic rings. The molecule has 0 bridgehead atoms. The van der Waals surface area contributed by atoms with Crippen molar-refractivity contribution in [3.8, 4) is 0 Å². The highest BCUT2D eigenvalue weighted by Crippen LogP contribution is 2.53. The number of ether oxygens (including phenoxy) is 2. The predicted molar refractivity (Wildman–Crippen MR) is 156 cm³/mol. The zero-order chi connectivity index (χ0) is 29.1. The molecule has 0 saturated carbocycles. The number of nitrogens with zero attached hydrogens (tertiary/aromatic N) is 3. The van der Waals surface area contributed by atoms with Gasteiger partial charge in [0.1, 0.15) is 5.70 Å². The van der Waals surface area contributed by atoms with Gasteiger partial charge in [-0.1, -0.05) is 72.3 Å². The van der Waals surface area contributed by atoms with Crippen LogP contribution in [0.1, 0.15) is 37.8 Å². The van der Waals surface area contributed by atoms with Gasteiger partial charge in [0, 0.05) is 11.6 Å². The molecule has 210 valence electrons. The highest BCUT2D eigenvalue weighted by atomic mass is 35.5. The van der Waals surface area contributed by atoms with Crippen LogP contribution in [0.15, 0.2) is 101 Å². The van der Waals surface area contributed by atoms with E-state index in [1.54, 1.807) is 49.9 Å². The first-order valence-corrected chi connectivity index (χ1v) is 13.8. The van der Waals surface area contributed by atoms with E-state index < -0.39 is 29.3 Å². The SMILES string of the molecule is CCOC(=O)C1=C(C(=O)OCC)N(Cc2ccc(Cl)cc2)C2(C(=O)N(c3ccccc3)N=C2C)C1c1ccccc1. The van der Waals surface area contributed by atoms with Crippen molar-refractivity contribution in [2.24, 2.45) is 5.10 Å². The van der Waals surface area contributed by atoms with Crippen LogP contribution in [0, 0.1) is 0 Å². The molecule has 2 heterocycles. The predicted octanol–water partition coefficient (Wildman–Crippen LogP) is 5.48. The van der Waals surface area contributed by atoms with Crippen LogP contribution < -0.4 is 5.01 Å². The van der Waals surface area contributed by atoms with Gasteiger partial charge in [-0.3, -0.25) is 4.79 Å². The van der Waals surface area contributed by atoms with Gasteiger partial charge >= 0.3 is 11.9 Å². The number of benzene rings is 3. The molecule has 2 unspecified atom stereocenters. The van der Waals surface area contributed by atoms with Gasteiger partial charge in [-0.25, -0.2) is 9.59 Å². The molecule has 2 atom stereocenters. The van der Waals surface area contributed by atoms with Gasteiger partial charge in [-0.05, 0) is 56.2 Å². The van der Waals surface area contributed by atoms with E-state index in [0.29, 0.717) is 22.0 Å². The largest absolute Gasteiger partial charge is 0.463 e. The van der Waals surface area contributed by atoms with Crippen molar-refractivity contribution < 1.29 is 23.9 Å². The molecule has 0 radical (unpaired) electrons. The molecule has 3 aromatic rings. The fourth-order valence-electron chi connectivity index (χ4n) is 5.67. The first kappa shape index (κ1) is 28.1. The first-order chi connectivity index (χ1) is 19.8. The number of hydrazone groups is 1. The average molecular weight is 572 g/mol. The zero-order valence-electron chi connectivity index (χ0n) is 23.0. The second-order valence-corrected chi connectivity index (χ2v) is 10.1. The molecule has 1 amide bonds. The number of carbonyl (C=O) groups excluding carboxylic acids is 3. The lowest BCUT2D eigenvalue weighted by atomic mass is 9.73. The van der Waals surface area contributed by atoms with Gasteiger partial charge < -0.3 is 14.4 Å². The summed E-state index contributed by atoms with van der Waals surface area (Å²) >= 11 is 6.17. The van der Waals surface area contributed by atoms with E-state index in [4.69, 9.17) is 26.2 Å². The second kappa shape index (κ2) is 11.6. The Labute approximate surface area is 243 Å². The number of carbonyl (C=O) groups is 3. The maximum atomic E-state index is 14.8. The smallest absolute Gasteiger partial charge is 0.355 e. The molecule has 9 heteroatoms. The van der Waals surface area contributed by atoms with E-state index in [2.05, 4.69) is 0 Å². The van der Waals surface area contributed by atoms with Crippen molar-refractivity contribution in [1.29, 1.82) is 0 Å². The minimum Gasteiger partial charge on any atom is -0.463 e. The third-order valence-electron chi connectivity index (χ3n) is 7.33. The summed E-state index contributed by atoms with van der Waals surface area (Å²) in [5.74, 6) is -2.73. The van der Waals surface area contributed by atoms with E-state index in [9.17, 15) is 14.4 Å². The second-order valence-electron chi connectivity index (χ2n) is 9.66. The molecule has 0 N–H and O–H groups in total. The standard InChI is InChI=1S/C32H30ClN3O5/c1-4-40-29(37)26-27(23-12-8-6-9-13-23)32(21(3)34-36(31(32)39)25-14-10-7-11-15-25)35(28(26)30(38)41-5-2)20-22-16-18-24(33)19-17-22/h6-19,27H,4-5,20H2,1-3H3. The zero-order valence-corrected chi connectivity index (χ0v) is 23.8. The van der Waals surface area contributed by atoms with Crippen molar-refractivity contribution in [1.82, 2.24) is 4.90 Å². The quantitative estimate of drug-likeness (QED) is 0.333. The monoisotopic (exact) mass is 571 g/mol. The fourth-order valence-corrected chi connectivity index (χ4v) is 5.80. The van der Waals surface area contributed by atoms with Crippen molar-refractivity contribution in [3.05, 3.63) is 112 Å². The number of hydrogen-bond acceptors (Lipinski definition) is 7. The minimum atomic E-state index is -1.57. The Morgan fingerprint density at radius 1 is 0.878 bits per heavy atom. The molecule has 1 spiro atoms. The third kappa shape index (κ3) is 4.78. The van der Waals surface area contributed by atoms with E-state index in [-0.39, 0.29) is 31.0 Å². The topological polar surface area (TPSA) is 88.5 Å². The molecule has 0 aliphatic carbocycles. The number of esters is 2. The Bertz CT molecular complexity index is 1520. The normalized spacial score (nSPS) is 20.0. The lowest BCUT2D eigenvalue weighted by Crippen LogP contribution is -2.59. The van der Waals surface area contributed by atoms with Crippen LogP contribution in [-0.4, -0.2) is 47.2 Å². The lowest BCUT2D eigenvalue weighted by molar-refractivity contribution is -0.143. The minimum absolute atomic E-state index is 0.0214. The van der Waals surface area contributed by atoms with Crippen molar-refractivity contribution in [2.45, 2.75) is 38.8 Å². The summed E-state index contributed by atoms with van der Waals surface area (Å²) in [6, 6.07) is 25.4. The lowest BCUT2D eigenvalue weighted by Gasteiger charge is -2.40. The first-order valence-electron chi connectivity index (χ1n) is 13.4. The highest BCUT2D eigenvalue weighted by Gasteiger charge is 2.67. The molecule has 8 nitrogen and oxygen atoms in total. The van der Waals surface area contributed by atoms with Crippen molar-refractivity contribution in [2.75, 3.05) is 18.2 Å². The summed E-state index contributed by atoms with van der Waals surface area (Å²) in [5, 5.41) is 6.63. The van der Waals surface area contributed by atoms with Crippen LogP contribution in [-0.2, 0) is 30.4 Å². The number of rotatable bonds is 8. The molecule has 2 aliphatic heterocycles. The molecular formula is C32H30ClN3O5. The van der Waals surface area contributed by atoms with Crippen LogP contribution in [0.5, 0.6) is 0 Å². The van der Waals surface area contributed by atoms with E-state index in [1.165, 1.54) is 5.01 Å². The maximum Gasteiger partial charge on any atom is 0.355 e. The summed E-state index contributed by atoms with van der Waals surface area (Å²) in [6.45, 7) is 5.40. The van der Waals surface area contributed by atoms with Crippen LogP contribution >= 0.6 is 11.6 Å². The summed E-state index contributed by atoms with van der Waals surface area (Å²) in [5.41, 5.74) is 0.890. The Morgan fingerprint density at radius 3 is 2.07 bits per heavy atom. The molecular weight excluding hydrogens is 542 g/mol. The summed E-state index contributed by atoms with van der Waals surface area (Å²) < 4.78 is 11.0. The van der Waals surface area contributed by atoms with E-state index in [0.717, 1.165) is 5.56 Å². The molecule has 3 aromatic carbocycles. The molecule has 5 rings (SSSR count). The Balaban J connectivity index is 1.82. The summed E-state index contributed by atoms with van der Waals surface area (Å²) in [4.78, 5) is 44.1. The maximum absolute atomic E-state index is 14.8. The molecule has 0 saturated heterocycles. The van der Waals surface area contributed by atoms with Crippen LogP contribution in [0.3, 0.4) is 0 Å². The Hall–Kier alpha value is -4.43. The number of anilines is 1. The van der Waals surface area contributed by atoms with Gasteiger partial charge in [0.2, 0.25) is 0 Å². The average Bonchev–Trinajstić information content (AvgIpc) is 3.43. The van der Waals surface area contributed by atoms with Gasteiger partial charge in [0.25, 0.3) is 5.91 Å². The number of halogens is 1. The Kier molecular flexibility index (Phi) is 7.94. The third-order valence-corrected chi connectivity index (χ3v) is 7.58. The van der Waals surface area contributed by atoms with Gasteiger partial charge in [-0.2, -0.15) is 10.1 Å². The van der Waals surface area contributed by atoms with Gasteiger partial charge in [0.05, 0.1) is 36.1 Å². The van der Waals surface area contributed by atoms with Crippen LogP contribution in [0.2, 0.25) is 5.02 Å². The fraction of sp³-hybridized carbons (Fsp3) is 0.250. The van der Waals surface area contributed by atoms with Crippen molar-refractivity contribution >= 4 is 40.8 Å². The Morgan fingerprint density at radius 2 is 1.46 bits per heavy atom. The molecule has 0 aromatic heterocycles. The summed E-state index contributed by atoms with van der Waals surface area (Å²) in [7, 11) is 0. The van der Waals surface area contributed by atoms with E-state index in [1.807, 2.05) is 60.7 Å². The van der Waals surface area contributed by atoms with Crippen LogP contribution in [0.25, 0.3) is 0 Å². The highest BCUT2D eigenvalue weighted by molar-refractivity contribution is 6.30.